The van der Waals surface area contributed by atoms with E-state index in [9.17, 15) is 0 Å². The highest BCUT2D eigenvalue weighted by Crippen LogP contribution is 2.25. The van der Waals surface area contributed by atoms with Crippen molar-refractivity contribution >= 4 is 20.7 Å². The molecule has 0 bridgehead atoms. The summed E-state index contributed by atoms with van der Waals surface area (Å²) < 4.78 is 4.59. The standard InChI is InChI=1S/C4H11N2O2PS/c7-9(8)5-10-6-3-1-2-4-6/h5,7-8H,1-4H2. The van der Waals surface area contributed by atoms with Gasteiger partial charge in [-0.05, 0) is 12.8 Å². The van der Waals surface area contributed by atoms with Gasteiger partial charge in [-0.15, -0.1) is 0 Å². The SMILES string of the molecule is OP(O)NSN1CCCC1. The molecule has 0 aliphatic carbocycles. The van der Waals surface area contributed by atoms with E-state index in [0.717, 1.165) is 13.1 Å². The molecule has 1 rings (SSSR count). The van der Waals surface area contributed by atoms with E-state index in [1.807, 2.05) is 0 Å². The molecule has 0 atom stereocenters. The second kappa shape index (κ2) is 4.49. The molecule has 0 radical (unpaired) electrons. The van der Waals surface area contributed by atoms with Gasteiger partial charge in [-0.1, -0.05) is 0 Å². The zero-order valence-electron chi connectivity index (χ0n) is 5.53. The highest BCUT2D eigenvalue weighted by Gasteiger charge is 2.12. The third-order valence-corrected chi connectivity index (χ3v) is 2.92. The third kappa shape index (κ3) is 3.14. The van der Waals surface area contributed by atoms with Gasteiger partial charge in [0, 0.05) is 25.2 Å². The van der Waals surface area contributed by atoms with E-state index in [1.165, 1.54) is 25.0 Å². The van der Waals surface area contributed by atoms with Gasteiger partial charge in [-0.3, -0.25) is 0 Å². The Morgan fingerprint density at radius 2 is 1.90 bits per heavy atom. The van der Waals surface area contributed by atoms with Crippen LogP contribution in [0.2, 0.25) is 0 Å². The second-order valence-corrected chi connectivity index (χ2v) is 4.12. The van der Waals surface area contributed by atoms with Crippen molar-refractivity contribution in [3.05, 3.63) is 0 Å². The molecule has 0 spiro atoms. The number of nitrogens with one attached hydrogen (secondary N) is 1. The smallest absolute Gasteiger partial charge is 0.261 e. The van der Waals surface area contributed by atoms with E-state index in [1.54, 1.807) is 0 Å². The van der Waals surface area contributed by atoms with Crippen LogP contribution in [0.1, 0.15) is 12.8 Å². The molecule has 4 nitrogen and oxygen atoms in total. The fraction of sp³-hybridized carbons (Fsp3) is 1.00. The first kappa shape index (κ1) is 8.71. The predicted molar refractivity (Wildman–Crippen MR) is 42.9 cm³/mol. The summed E-state index contributed by atoms with van der Waals surface area (Å²) in [5, 5.41) is 0. The molecule has 1 aliphatic heterocycles. The molecular weight excluding hydrogens is 171 g/mol. The number of nitrogens with zero attached hydrogens (tertiary/aromatic N) is 1. The first-order valence-corrected chi connectivity index (χ1v) is 5.16. The molecule has 0 unspecified atom stereocenters. The molecule has 3 N–H and O–H groups in total. The lowest BCUT2D eigenvalue weighted by molar-refractivity contribution is 0.478. The van der Waals surface area contributed by atoms with Crippen molar-refractivity contribution < 1.29 is 9.79 Å². The average Bonchev–Trinajstić information content (AvgIpc) is 2.34. The van der Waals surface area contributed by atoms with Crippen molar-refractivity contribution in [2.24, 2.45) is 0 Å². The van der Waals surface area contributed by atoms with Crippen LogP contribution in [0.15, 0.2) is 0 Å². The van der Waals surface area contributed by atoms with E-state index in [2.05, 4.69) is 8.80 Å². The predicted octanol–water partition coefficient (Wildman–Crippen LogP) is 0.446. The lowest BCUT2D eigenvalue weighted by Crippen LogP contribution is -2.14. The Bertz CT molecular complexity index is 99.3. The minimum atomic E-state index is -1.95. The fourth-order valence-corrected chi connectivity index (χ4v) is 2.07. The number of rotatable bonds is 3. The minimum absolute atomic E-state index is 1.04. The van der Waals surface area contributed by atoms with Gasteiger partial charge in [0.25, 0.3) is 8.53 Å². The molecular formula is C4H11N2O2PS. The Hall–Kier alpha value is 0.620. The molecule has 1 aliphatic rings. The highest BCUT2D eigenvalue weighted by atomic mass is 32.2. The summed E-state index contributed by atoms with van der Waals surface area (Å²) >= 11 is 1.30. The van der Waals surface area contributed by atoms with Crippen molar-refractivity contribution in [3.8, 4) is 0 Å². The fourth-order valence-electron chi connectivity index (χ4n) is 0.874. The van der Waals surface area contributed by atoms with E-state index in [4.69, 9.17) is 9.79 Å². The molecule has 10 heavy (non-hydrogen) atoms. The Morgan fingerprint density at radius 3 is 2.40 bits per heavy atom. The first-order valence-electron chi connectivity index (χ1n) is 3.14. The molecule has 1 heterocycles. The minimum Gasteiger partial charge on any atom is -0.337 e. The molecule has 1 saturated heterocycles. The van der Waals surface area contributed by atoms with E-state index >= 15 is 0 Å². The summed E-state index contributed by atoms with van der Waals surface area (Å²) in [4.78, 5) is 16.9. The summed E-state index contributed by atoms with van der Waals surface area (Å²) in [6.07, 6.45) is 2.42. The van der Waals surface area contributed by atoms with Crippen molar-refractivity contribution in [1.82, 2.24) is 8.80 Å². The third-order valence-electron chi connectivity index (χ3n) is 1.32. The maximum absolute atomic E-state index is 8.47. The molecule has 0 aromatic rings. The molecule has 0 aromatic heterocycles. The van der Waals surface area contributed by atoms with Crippen LogP contribution < -0.4 is 4.49 Å². The largest absolute Gasteiger partial charge is 0.337 e. The maximum atomic E-state index is 8.47. The first-order chi connectivity index (χ1) is 4.79. The van der Waals surface area contributed by atoms with Crippen molar-refractivity contribution in [2.45, 2.75) is 12.8 Å². The molecule has 0 saturated carbocycles. The monoisotopic (exact) mass is 182 g/mol. The van der Waals surface area contributed by atoms with Crippen LogP contribution in [-0.4, -0.2) is 27.2 Å². The van der Waals surface area contributed by atoms with Crippen LogP contribution in [0.4, 0.5) is 0 Å². The van der Waals surface area contributed by atoms with E-state index in [0.29, 0.717) is 0 Å². The highest BCUT2D eigenvalue weighted by molar-refractivity contribution is 7.99. The second-order valence-electron chi connectivity index (χ2n) is 2.11. The van der Waals surface area contributed by atoms with Gasteiger partial charge in [0.05, 0.1) is 0 Å². The summed E-state index contributed by atoms with van der Waals surface area (Å²) in [6, 6.07) is 0. The molecule has 6 heteroatoms. The van der Waals surface area contributed by atoms with Crippen LogP contribution in [0.3, 0.4) is 0 Å². The zero-order chi connectivity index (χ0) is 7.40. The average molecular weight is 182 g/mol. The van der Waals surface area contributed by atoms with Gasteiger partial charge in [0.15, 0.2) is 0 Å². The van der Waals surface area contributed by atoms with Crippen molar-refractivity contribution in [1.29, 1.82) is 0 Å². The van der Waals surface area contributed by atoms with Crippen LogP contribution in [-0.2, 0) is 0 Å². The van der Waals surface area contributed by atoms with Crippen LogP contribution in [0.25, 0.3) is 0 Å². The van der Waals surface area contributed by atoms with Gasteiger partial charge in [-0.25, -0.2) is 4.31 Å². The van der Waals surface area contributed by atoms with Gasteiger partial charge in [0.2, 0.25) is 0 Å². The normalized spacial score (nSPS) is 20.7. The lowest BCUT2D eigenvalue weighted by Gasteiger charge is -2.12. The topological polar surface area (TPSA) is 55.7 Å². The Labute approximate surface area is 65.8 Å². The Morgan fingerprint density at radius 1 is 1.30 bits per heavy atom. The summed E-state index contributed by atoms with van der Waals surface area (Å²) in [5.74, 6) is 0. The molecule has 0 amide bonds. The Balaban J connectivity index is 2.01. The van der Waals surface area contributed by atoms with Gasteiger partial charge in [-0.2, -0.15) is 4.49 Å². The zero-order valence-corrected chi connectivity index (χ0v) is 7.24. The van der Waals surface area contributed by atoms with Crippen molar-refractivity contribution in [2.75, 3.05) is 13.1 Å². The summed E-state index contributed by atoms with van der Waals surface area (Å²) in [7, 11) is -1.95. The van der Waals surface area contributed by atoms with E-state index in [-0.39, 0.29) is 0 Å². The molecule has 60 valence electrons. The number of hydrogen-bond acceptors (Lipinski definition) is 5. The van der Waals surface area contributed by atoms with Gasteiger partial charge >= 0.3 is 0 Å². The van der Waals surface area contributed by atoms with Crippen LogP contribution >= 0.6 is 20.7 Å². The van der Waals surface area contributed by atoms with Gasteiger partial charge in [0.1, 0.15) is 0 Å². The van der Waals surface area contributed by atoms with Gasteiger partial charge < -0.3 is 9.79 Å². The molecule has 0 aromatic carbocycles. The van der Waals surface area contributed by atoms with Crippen molar-refractivity contribution in [3.63, 3.8) is 0 Å². The van der Waals surface area contributed by atoms with Crippen LogP contribution in [0, 0.1) is 0 Å². The number of hydrogen-bond donors (Lipinski definition) is 3. The quantitative estimate of drug-likeness (QED) is 0.437. The van der Waals surface area contributed by atoms with E-state index < -0.39 is 8.53 Å². The molecule has 1 fully saturated rings. The van der Waals surface area contributed by atoms with Crippen LogP contribution in [0.5, 0.6) is 0 Å². The summed E-state index contributed by atoms with van der Waals surface area (Å²) in [5.41, 5.74) is 0. The summed E-state index contributed by atoms with van der Waals surface area (Å²) in [6.45, 7) is 2.08. The Kier molecular flexibility index (Phi) is 3.91. The maximum Gasteiger partial charge on any atom is 0.261 e. The lowest BCUT2D eigenvalue weighted by atomic mass is 10.4.